The molecule has 0 saturated carbocycles. The zero-order valence-corrected chi connectivity index (χ0v) is 11.0. The van der Waals surface area contributed by atoms with E-state index in [1.807, 2.05) is 12.1 Å². The van der Waals surface area contributed by atoms with E-state index in [1.165, 1.54) is 0 Å². The fourth-order valence-corrected chi connectivity index (χ4v) is 2.53. The maximum atomic E-state index is 6.04. The Kier molecular flexibility index (Phi) is 2.78. The molecule has 1 aromatic heterocycles. The van der Waals surface area contributed by atoms with Crippen LogP contribution in [0.25, 0.3) is 0 Å². The summed E-state index contributed by atoms with van der Waals surface area (Å²) in [6.45, 7) is 10.1. The first kappa shape index (κ1) is 12.2. The Balaban J connectivity index is 2.24. The summed E-state index contributed by atoms with van der Waals surface area (Å²) >= 11 is 0. The average Bonchev–Trinajstić information content (AvgIpc) is 2.13. The van der Waals surface area contributed by atoms with Crippen molar-refractivity contribution in [3.63, 3.8) is 0 Å². The first-order valence-corrected chi connectivity index (χ1v) is 5.94. The molecule has 1 aromatic rings. The van der Waals surface area contributed by atoms with Crippen LogP contribution in [0, 0.1) is 0 Å². The second-order valence-electron chi connectivity index (χ2n) is 5.93. The predicted molar refractivity (Wildman–Crippen MR) is 70.1 cm³/mol. The summed E-state index contributed by atoms with van der Waals surface area (Å²) in [7, 11) is 0. The van der Waals surface area contributed by atoms with E-state index in [-0.39, 0.29) is 11.2 Å². The molecule has 0 bridgehead atoms. The third kappa shape index (κ3) is 2.88. The van der Waals surface area contributed by atoms with E-state index < -0.39 is 0 Å². The molecular weight excluding hydrogens is 214 g/mol. The van der Waals surface area contributed by atoms with Gasteiger partial charge in [0.15, 0.2) is 0 Å². The number of ether oxygens (including phenoxy) is 1. The molecule has 17 heavy (non-hydrogen) atoms. The van der Waals surface area contributed by atoms with Gasteiger partial charge in [0.1, 0.15) is 5.82 Å². The molecule has 4 heteroatoms. The smallest absolute Gasteiger partial charge is 0.128 e. The normalized spacial score (nSPS) is 22.5. The van der Waals surface area contributed by atoms with E-state index in [0.717, 1.165) is 18.9 Å². The standard InChI is InChI=1S/C13H21N3O/c1-12(2)8-16(9-13(3,4)17-12)11-6-5-10(14)7-15-11/h5-7H,8-9,14H2,1-4H3. The topological polar surface area (TPSA) is 51.4 Å². The molecule has 0 amide bonds. The number of pyridine rings is 1. The lowest BCUT2D eigenvalue weighted by atomic mass is 9.99. The first-order valence-electron chi connectivity index (χ1n) is 5.94. The summed E-state index contributed by atoms with van der Waals surface area (Å²) < 4.78 is 6.04. The van der Waals surface area contributed by atoms with Crippen LogP contribution in [-0.2, 0) is 4.74 Å². The molecule has 0 spiro atoms. The quantitative estimate of drug-likeness (QED) is 0.809. The number of aromatic nitrogens is 1. The van der Waals surface area contributed by atoms with Crippen LogP contribution in [-0.4, -0.2) is 29.3 Å². The van der Waals surface area contributed by atoms with Crippen molar-refractivity contribution in [1.29, 1.82) is 0 Å². The highest BCUT2D eigenvalue weighted by Crippen LogP contribution is 2.30. The van der Waals surface area contributed by atoms with Crippen LogP contribution in [0.15, 0.2) is 18.3 Å². The third-order valence-corrected chi connectivity index (χ3v) is 2.79. The van der Waals surface area contributed by atoms with Crippen molar-refractivity contribution in [2.45, 2.75) is 38.9 Å². The van der Waals surface area contributed by atoms with Gasteiger partial charge in [0.05, 0.1) is 23.1 Å². The Labute approximate surface area is 103 Å². The van der Waals surface area contributed by atoms with Crippen LogP contribution in [0.3, 0.4) is 0 Å². The highest BCUT2D eigenvalue weighted by Gasteiger charge is 2.38. The SMILES string of the molecule is CC1(C)CN(c2ccc(N)cn2)CC(C)(C)O1. The van der Waals surface area contributed by atoms with Crippen molar-refractivity contribution in [3.05, 3.63) is 18.3 Å². The van der Waals surface area contributed by atoms with Gasteiger partial charge in [0.2, 0.25) is 0 Å². The Hall–Kier alpha value is -1.29. The minimum absolute atomic E-state index is 0.162. The molecule has 0 aromatic carbocycles. The molecule has 4 nitrogen and oxygen atoms in total. The average molecular weight is 235 g/mol. The van der Waals surface area contributed by atoms with Gasteiger partial charge in [-0.2, -0.15) is 0 Å². The van der Waals surface area contributed by atoms with E-state index in [2.05, 4.69) is 37.6 Å². The number of rotatable bonds is 1. The summed E-state index contributed by atoms with van der Waals surface area (Å²) in [5, 5.41) is 0. The zero-order chi connectivity index (χ0) is 12.7. The lowest BCUT2D eigenvalue weighted by Crippen LogP contribution is -2.57. The fraction of sp³-hybridized carbons (Fsp3) is 0.615. The van der Waals surface area contributed by atoms with Crippen molar-refractivity contribution in [3.8, 4) is 0 Å². The van der Waals surface area contributed by atoms with Gasteiger partial charge >= 0.3 is 0 Å². The number of morpholine rings is 1. The van der Waals surface area contributed by atoms with Crippen molar-refractivity contribution in [1.82, 2.24) is 4.98 Å². The van der Waals surface area contributed by atoms with Gasteiger partial charge in [0, 0.05) is 13.1 Å². The molecule has 0 radical (unpaired) electrons. The van der Waals surface area contributed by atoms with Crippen LogP contribution in [0.4, 0.5) is 11.5 Å². The van der Waals surface area contributed by atoms with Crippen molar-refractivity contribution in [2.75, 3.05) is 23.7 Å². The second-order valence-corrected chi connectivity index (χ2v) is 5.93. The number of nitrogens with zero attached hydrogens (tertiary/aromatic N) is 2. The summed E-state index contributed by atoms with van der Waals surface area (Å²) in [4.78, 5) is 6.63. The van der Waals surface area contributed by atoms with Crippen molar-refractivity contribution in [2.24, 2.45) is 0 Å². The lowest BCUT2D eigenvalue weighted by Gasteiger charge is -2.47. The van der Waals surface area contributed by atoms with Crippen LogP contribution in [0.2, 0.25) is 0 Å². The summed E-state index contributed by atoms with van der Waals surface area (Å²) in [6.07, 6.45) is 1.70. The molecule has 1 fully saturated rings. The van der Waals surface area contributed by atoms with Crippen molar-refractivity contribution >= 4 is 11.5 Å². The molecule has 1 saturated heterocycles. The molecular formula is C13H21N3O. The molecule has 0 aliphatic carbocycles. The number of nitrogen functional groups attached to an aromatic ring is 1. The van der Waals surface area contributed by atoms with Gasteiger partial charge in [-0.3, -0.25) is 0 Å². The monoisotopic (exact) mass is 235 g/mol. The minimum atomic E-state index is -0.162. The van der Waals surface area contributed by atoms with Crippen molar-refractivity contribution < 1.29 is 4.74 Å². The summed E-state index contributed by atoms with van der Waals surface area (Å²) in [5.74, 6) is 0.962. The second kappa shape index (κ2) is 3.88. The Bertz CT molecular complexity index is 382. The maximum Gasteiger partial charge on any atom is 0.128 e. The predicted octanol–water partition coefficient (Wildman–Crippen LogP) is 2.06. The highest BCUT2D eigenvalue weighted by molar-refractivity contribution is 5.46. The lowest BCUT2D eigenvalue weighted by molar-refractivity contribution is -0.133. The van der Waals surface area contributed by atoms with E-state index in [1.54, 1.807) is 6.20 Å². The molecule has 1 aliphatic rings. The highest BCUT2D eigenvalue weighted by atomic mass is 16.5. The molecule has 0 atom stereocenters. The molecule has 94 valence electrons. The van der Waals surface area contributed by atoms with Gasteiger partial charge in [-0.05, 0) is 39.8 Å². The number of anilines is 2. The number of hydrogen-bond donors (Lipinski definition) is 1. The Morgan fingerprint density at radius 1 is 1.18 bits per heavy atom. The zero-order valence-electron chi connectivity index (χ0n) is 11.0. The molecule has 2 N–H and O–H groups in total. The van der Waals surface area contributed by atoms with Gasteiger partial charge in [-0.15, -0.1) is 0 Å². The Morgan fingerprint density at radius 2 is 1.76 bits per heavy atom. The number of nitrogens with two attached hydrogens (primary N) is 1. The largest absolute Gasteiger partial charge is 0.397 e. The van der Waals surface area contributed by atoms with Gasteiger partial charge in [-0.25, -0.2) is 4.98 Å². The van der Waals surface area contributed by atoms with E-state index in [0.29, 0.717) is 5.69 Å². The minimum Gasteiger partial charge on any atom is -0.397 e. The van der Waals surface area contributed by atoms with Crippen LogP contribution >= 0.6 is 0 Å². The van der Waals surface area contributed by atoms with E-state index in [4.69, 9.17) is 10.5 Å². The van der Waals surface area contributed by atoms with Crippen LogP contribution in [0.1, 0.15) is 27.7 Å². The van der Waals surface area contributed by atoms with Gasteiger partial charge < -0.3 is 15.4 Å². The van der Waals surface area contributed by atoms with Gasteiger partial charge in [-0.1, -0.05) is 0 Å². The fourth-order valence-electron chi connectivity index (χ4n) is 2.53. The maximum absolute atomic E-state index is 6.04. The first-order chi connectivity index (χ1) is 7.77. The molecule has 0 unspecified atom stereocenters. The summed E-state index contributed by atoms with van der Waals surface area (Å²) in [6, 6.07) is 3.85. The van der Waals surface area contributed by atoms with E-state index in [9.17, 15) is 0 Å². The number of hydrogen-bond acceptors (Lipinski definition) is 4. The Morgan fingerprint density at radius 3 is 2.24 bits per heavy atom. The van der Waals surface area contributed by atoms with Crippen LogP contribution in [0.5, 0.6) is 0 Å². The van der Waals surface area contributed by atoms with Crippen LogP contribution < -0.4 is 10.6 Å². The molecule has 1 aliphatic heterocycles. The molecule has 2 heterocycles. The summed E-state index contributed by atoms with van der Waals surface area (Å²) in [5.41, 5.74) is 6.03. The molecule has 2 rings (SSSR count). The third-order valence-electron chi connectivity index (χ3n) is 2.79. The van der Waals surface area contributed by atoms with Gasteiger partial charge in [0.25, 0.3) is 0 Å². The van der Waals surface area contributed by atoms with E-state index >= 15 is 0 Å².